The third-order valence-electron chi connectivity index (χ3n) is 3.47. The van der Waals surface area contributed by atoms with Gasteiger partial charge >= 0.3 is 5.97 Å². The number of fused-ring (bicyclic) bond motifs is 1. The molecule has 0 radical (unpaired) electrons. The number of ether oxygens (including phenoxy) is 1. The first-order chi connectivity index (χ1) is 10.8. The Kier molecular flexibility index (Phi) is 3.09. The fourth-order valence-corrected chi connectivity index (χ4v) is 3.09. The zero-order chi connectivity index (χ0) is 14.9. The van der Waals surface area contributed by atoms with E-state index in [-0.39, 0.29) is 0 Å². The van der Waals surface area contributed by atoms with Gasteiger partial charge in [-0.15, -0.1) is 11.3 Å². The third kappa shape index (κ3) is 2.23. The first kappa shape index (κ1) is 13.0. The fourth-order valence-electron chi connectivity index (χ4n) is 2.44. The highest BCUT2D eigenvalue weighted by molar-refractivity contribution is 7.12. The van der Waals surface area contributed by atoms with Crippen LogP contribution in [0.3, 0.4) is 0 Å². The van der Waals surface area contributed by atoms with Crippen molar-refractivity contribution in [3.8, 4) is 0 Å². The van der Waals surface area contributed by atoms with Crippen LogP contribution in [0.15, 0.2) is 70.7 Å². The van der Waals surface area contributed by atoms with E-state index in [1.54, 1.807) is 6.08 Å². The second kappa shape index (κ2) is 5.24. The normalized spacial score (nSPS) is 16.1. The molecule has 0 atom stereocenters. The molecule has 0 amide bonds. The Balaban J connectivity index is 1.80. The van der Waals surface area contributed by atoms with E-state index in [9.17, 15) is 4.79 Å². The van der Waals surface area contributed by atoms with E-state index in [0.29, 0.717) is 11.6 Å². The molecule has 0 saturated carbocycles. The number of rotatable bonds is 2. The summed E-state index contributed by atoms with van der Waals surface area (Å²) in [5.74, 6) is -0.0252. The van der Waals surface area contributed by atoms with Crippen LogP contribution in [0.4, 0.5) is 0 Å². The van der Waals surface area contributed by atoms with Crippen LogP contribution in [0.1, 0.15) is 10.4 Å². The van der Waals surface area contributed by atoms with Crippen LogP contribution in [0, 0.1) is 0 Å². The summed E-state index contributed by atoms with van der Waals surface area (Å²) in [5.41, 5.74) is 1.29. The number of hydrogen-bond acceptors (Lipinski definition) is 4. The molecule has 1 aliphatic heterocycles. The molecule has 0 N–H and O–H groups in total. The van der Waals surface area contributed by atoms with Crippen molar-refractivity contribution in [2.45, 2.75) is 0 Å². The minimum Gasteiger partial charge on any atom is -0.401 e. The summed E-state index contributed by atoms with van der Waals surface area (Å²) >= 11 is 1.50. The SMILES string of the molecule is O=C1OC(c2cccs2)=N/C1=C\c1cccc2ccccc12. The second-order valence-electron chi connectivity index (χ2n) is 4.88. The molecule has 4 rings (SSSR count). The van der Waals surface area contributed by atoms with E-state index < -0.39 is 5.97 Å². The summed E-state index contributed by atoms with van der Waals surface area (Å²) in [4.78, 5) is 17.2. The van der Waals surface area contributed by atoms with E-state index in [4.69, 9.17) is 4.74 Å². The van der Waals surface area contributed by atoms with Crippen LogP contribution in [0.5, 0.6) is 0 Å². The highest BCUT2D eigenvalue weighted by Crippen LogP contribution is 2.25. The minimum absolute atomic E-state index is 0.333. The number of nitrogens with zero attached hydrogens (tertiary/aromatic N) is 1. The maximum Gasteiger partial charge on any atom is 0.363 e. The Morgan fingerprint density at radius 3 is 2.73 bits per heavy atom. The quantitative estimate of drug-likeness (QED) is 0.524. The molecule has 3 aromatic rings. The topological polar surface area (TPSA) is 38.7 Å². The first-order valence-corrected chi connectivity index (χ1v) is 7.73. The lowest BCUT2D eigenvalue weighted by Gasteiger charge is -2.01. The van der Waals surface area contributed by atoms with Gasteiger partial charge in [0.25, 0.3) is 0 Å². The average molecular weight is 305 g/mol. The molecule has 3 nitrogen and oxygen atoms in total. The molecule has 0 fully saturated rings. The van der Waals surface area contributed by atoms with Crippen LogP contribution in [-0.4, -0.2) is 11.9 Å². The summed E-state index contributed by atoms with van der Waals surface area (Å²) in [5, 5.41) is 4.15. The highest BCUT2D eigenvalue weighted by atomic mass is 32.1. The molecule has 4 heteroatoms. The number of carbonyl (C=O) groups excluding carboxylic acids is 1. The number of aliphatic imine (C=N–C) groups is 1. The number of benzene rings is 2. The van der Waals surface area contributed by atoms with Crippen molar-refractivity contribution < 1.29 is 9.53 Å². The van der Waals surface area contributed by atoms with Crippen LogP contribution in [0.25, 0.3) is 16.8 Å². The van der Waals surface area contributed by atoms with Crippen molar-refractivity contribution in [2.24, 2.45) is 4.99 Å². The van der Waals surface area contributed by atoms with Gasteiger partial charge in [-0.3, -0.25) is 0 Å². The van der Waals surface area contributed by atoms with E-state index in [2.05, 4.69) is 4.99 Å². The van der Waals surface area contributed by atoms with Crippen LogP contribution in [-0.2, 0) is 9.53 Å². The van der Waals surface area contributed by atoms with Crippen LogP contribution in [0.2, 0.25) is 0 Å². The van der Waals surface area contributed by atoms with Crippen LogP contribution < -0.4 is 0 Å². The summed E-state index contributed by atoms with van der Waals surface area (Å²) in [6.45, 7) is 0. The van der Waals surface area contributed by atoms with Gasteiger partial charge < -0.3 is 4.74 Å². The molecular formula is C18H11NO2S. The lowest BCUT2D eigenvalue weighted by atomic mass is 10.0. The number of esters is 1. The summed E-state index contributed by atoms with van der Waals surface area (Å²) < 4.78 is 5.26. The molecule has 0 bridgehead atoms. The lowest BCUT2D eigenvalue weighted by molar-refractivity contribution is -0.129. The number of carbonyl (C=O) groups is 1. The maximum atomic E-state index is 12.0. The molecule has 0 saturated heterocycles. The van der Waals surface area contributed by atoms with E-state index in [1.807, 2.05) is 60.0 Å². The predicted octanol–water partition coefficient (Wildman–Crippen LogP) is 4.25. The van der Waals surface area contributed by atoms with E-state index in [1.165, 1.54) is 11.3 Å². The Morgan fingerprint density at radius 2 is 1.86 bits per heavy atom. The Hall–Kier alpha value is -2.72. The van der Waals surface area contributed by atoms with Crippen molar-refractivity contribution in [1.82, 2.24) is 0 Å². The Labute approximate surface area is 131 Å². The van der Waals surface area contributed by atoms with Gasteiger partial charge in [-0.05, 0) is 33.9 Å². The fraction of sp³-hybridized carbons (Fsp3) is 0. The van der Waals surface area contributed by atoms with Gasteiger partial charge in [0.05, 0.1) is 4.88 Å². The summed E-state index contributed by atoms with van der Waals surface area (Å²) in [6.07, 6.45) is 1.78. The highest BCUT2D eigenvalue weighted by Gasteiger charge is 2.24. The Morgan fingerprint density at radius 1 is 1.00 bits per heavy atom. The van der Waals surface area contributed by atoms with Gasteiger partial charge in [0.2, 0.25) is 5.90 Å². The van der Waals surface area contributed by atoms with Gasteiger partial charge in [0, 0.05) is 0 Å². The molecule has 0 aliphatic carbocycles. The van der Waals surface area contributed by atoms with Crippen molar-refractivity contribution in [1.29, 1.82) is 0 Å². The molecule has 0 spiro atoms. The zero-order valence-electron chi connectivity index (χ0n) is 11.5. The molecule has 22 heavy (non-hydrogen) atoms. The molecule has 2 aromatic carbocycles. The Bertz CT molecular complexity index is 918. The molecule has 2 heterocycles. The van der Waals surface area contributed by atoms with Crippen molar-refractivity contribution in [3.63, 3.8) is 0 Å². The largest absolute Gasteiger partial charge is 0.401 e. The molecule has 0 unspecified atom stereocenters. The van der Waals surface area contributed by atoms with Gasteiger partial charge in [-0.25, -0.2) is 9.79 Å². The van der Waals surface area contributed by atoms with Gasteiger partial charge in [-0.1, -0.05) is 48.5 Å². The minimum atomic E-state index is -0.406. The smallest absolute Gasteiger partial charge is 0.363 e. The van der Waals surface area contributed by atoms with Gasteiger partial charge in [0.15, 0.2) is 5.70 Å². The van der Waals surface area contributed by atoms with Crippen molar-refractivity contribution in [3.05, 3.63) is 76.1 Å². The number of hydrogen-bond donors (Lipinski definition) is 0. The third-order valence-corrected chi connectivity index (χ3v) is 4.33. The zero-order valence-corrected chi connectivity index (χ0v) is 12.3. The van der Waals surface area contributed by atoms with Crippen LogP contribution >= 0.6 is 11.3 Å². The van der Waals surface area contributed by atoms with Crippen molar-refractivity contribution >= 4 is 40.1 Å². The molecule has 1 aliphatic rings. The second-order valence-corrected chi connectivity index (χ2v) is 5.83. The molecule has 1 aromatic heterocycles. The maximum absolute atomic E-state index is 12.0. The van der Waals surface area contributed by atoms with Gasteiger partial charge in [-0.2, -0.15) is 0 Å². The molecule has 106 valence electrons. The molecular weight excluding hydrogens is 294 g/mol. The predicted molar refractivity (Wildman–Crippen MR) is 88.9 cm³/mol. The monoisotopic (exact) mass is 305 g/mol. The average Bonchev–Trinajstić information content (AvgIpc) is 3.18. The summed E-state index contributed by atoms with van der Waals surface area (Å²) in [7, 11) is 0. The first-order valence-electron chi connectivity index (χ1n) is 6.85. The number of thiophene rings is 1. The van der Waals surface area contributed by atoms with E-state index >= 15 is 0 Å². The number of cyclic esters (lactones) is 1. The standard InChI is InChI=1S/C18H11NO2S/c20-18-15(19-17(21-18)16-9-4-10-22-16)11-13-7-3-6-12-5-1-2-8-14(12)13/h1-11H/b15-11-. The van der Waals surface area contributed by atoms with Crippen molar-refractivity contribution in [2.75, 3.05) is 0 Å². The lowest BCUT2D eigenvalue weighted by Crippen LogP contribution is -2.03. The van der Waals surface area contributed by atoms with Gasteiger partial charge in [0.1, 0.15) is 0 Å². The van der Waals surface area contributed by atoms with E-state index in [0.717, 1.165) is 21.2 Å². The summed E-state index contributed by atoms with van der Waals surface area (Å²) in [6, 6.07) is 17.8.